The molecule has 2 aromatic rings. The van der Waals surface area contributed by atoms with Crippen LogP contribution in [-0.4, -0.2) is 4.98 Å². The van der Waals surface area contributed by atoms with Crippen LogP contribution in [0, 0.1) is 0 Å². The van der Waals surface area contributed by atoms with E-state index in [4.69, 9.17) is 0 Å². The number of hydrogen-bond acceptors (Lipinski definition) is 0. The monoisotopic (exact) mass is 235 g/mol. The minimum Gasteiger partial charge on any atom is -0.358 e. The standard InChI is InChI=1S/C11H10BrN/c12-7-4-5-9-8-2-1-3-10(8)13-11(9)6-7/h4-6,13H,1-3H2. The summed E-state index contributed by atoms with van der Waals surface area (Å²) >= 11 is 3.49. The molecule has 2 heteroatoms. The molecule has 13 heavy (non-hydrogen) atoms. The second-order valence-corrected chi connectivity index (χ2v) is 4.54. The Kier molecular flexibility index (Phi) is 1.53. The molecule has 0 amide bonds. The van der Waals surface area contributed by atoms with Gasteiger partial charge in [-0.1, -0.05) is 22.0 Å². The third-order valence-corrected chi connectivity index (χ3v) is 3.30. The molecule has 1 aromatic carbocycles. The van der Waals surface area contributed by atoms with E-state index in [9.17, 15) is 0 Å². The minimum atomic E-state index is 1.15. The van der Waals surface area contributed by atoms with Crippen molar-refractivity contribution >= 4 is 26.8 Å². The first-order valence-electron chi connectivity index (χ1n) is 4.63. The first-order valence-corrected chi connectivity index (χ1v) is 5.43. The summed E-state index contributed by atoms with van der Waals surface area (Å²) in [6, 6.07) is 6.49. The van der Waals surface area contributed by atoms with E-state index < -0.39 is 0 Å². The fourth-order valence-corrected chi connectivity index (χ4v) is 2.59. The van der Waals surface area contributed by atoms with Gasteiger partial charge in [0.05, 0.1) is 0 Å². The van der Waals surface area contributed by atoms with E-state index in [0.29, 0.717) is 0 Å². The maximum Gasteiger partial charge on any atom is 0.0470 e. The Morgan fingerprint density at radius 3 is 3.08 bits per heavy atom. The van der Waals surface area contributed by atoms with Crippen LogP contribution >= 0.6 is 15.9 Å². The van der Waals surface area contributed by atoms with Gasteiger partial charge in [0, 0.05) is 21.1 Å². The molecule has 0 aliphatic heterocycles. The van der Waals surface area contributed by atoms with Gasteiger partial charge in [0.25, 0.3) is 0 Å². The number of hydrogen-bond donors (Lipinski definition) is 1. The SMILES string of the molecule is Brc1ccc2c3c([nH]c2c1)CCC3. The molecule has 1 aliphatic rings. The van der Waals surface area contributed by atoms with E-state index in [2.05, 4.69) is 39.1 Å². The quantitative estimate of drug-likeness (QED) is 0.721. The number of rotatable bonds is 0. The summed E-state index contributed by atoms with van der Waals surface area (Å²) in [5, 5.41) is 1.41. The largest absolute Gasteiger partial charge is 0.358 e. The highest BCUT2D eigenvalue weighted by Crippen LogP contribution is 2.31. The fourth-order valence-electron chi connectivity index (χ4n) is 2.22. The lowest BCUT2D eigenvalue weighted by atomic mass is 10.1. The molecule has 0 saturated heterocycles. The molecule has 66 valence electrons. The predicted octanol–water partition coefficient (Wildman–Crippen LogP) is 3.42. The van der Waals surface area contributed by atoms with Crippen LogP contribution in [0.3, 0.4) is 0 Å². The lowest BCUT2D eigenvalue weighted by molar-refractivity contribution is 0.899. The van der Waals surface area contributed by atoms with Crippen molar-refractivity contribution in [3.63, 3.8) is 0 Å². The third-order valence-electron chi connectivity index (χ3n) is 2.81. The Morgan fingerprint density at radius 1 is 1.23 bits per heavy atom. The molecular formula is C11H10BrN. The van der Waals surface area contributed by atoms with Crippen LogP contribution in [0.25, 0.3) is 10.9 Å². The summed E-state index contributed by atoms with van der Waals surface area (Å²) in [6.45, 7) is 0. The summed E-state index contributed by atoms with van der Waals surface area (Å²) in [4.78, 5) is 3.49. The summed E-state index contributed by atoms with van der Waals surface area (Å²) < 4.78 is 1.15. The topological polar surface area (TPSA) is 15.8 Å². The highest BCUT2D eigenvalue weighted by molar-refractivity contribution is 9.10. The molecule has 3 rings (SSSR count). The van der Waals surface area contributed by atoms with Gasteiger partial charge >= 0.3 is 0 Å². The zero-order chi connectivity index (χ0) is 8.84. The average Bonchev–Trinajstić information content (AvgIpc) is 2.62. The van der Waals surface area contributed by atoms with Gasteiger partial charge in [-0.25, -0.2) is 0 Å². The van der Waals surface area contributed by atoms with Crippen LogP contribution in [0.2, 0.25) is 0 Å². The molecule has 1 N–H and O–H groups in total. The molecule has 0 bridgehead atoms. The van der Waals surface area contributed by atoms with Crippen LogP contribution in [-0.2, 0) is 12.8 Å². The maximum absolute atomic E-state index is 3.49. The Bertz CT molecular complexity index is 470. The summed E-state index contributed by atoms with van der Waals surface area (Å²) in [5.41, 5.74) is 4.27. The number of H-pyrrole nitrogens is 1. The molecule has 0 atom stereocenters. The lowest BCUT2D eigenvalue weighted by Crippen LogP contribution is -1.76. The van der Waals surface area contributed by atoms with Gasteiger partial charge in [-0.2, -0.15) is 0 Å². The molecule has 1 nitrogen and oxygen atoms in total. The van der Waals surface area contributed by atoms with Crippen LogP contribution < -0.4 is 0 Å². The van der Waals surface area contributed by atoms with Crippen LogP contribution in [0.5, 0.6) is 0 Å². The lowest BCUT2D eigenvalue weighted by Gasteiger charge is -1.93. The highest BCUT2D eigenvalue weighted by Gasteiger charge is 2.16. The molecule has 0 radical (unpaired) electrons. The second kappa shape index (κ2) is 2.61. The van der Waals surface area contributed by atoms with Gasteiger partial charge in [-0.05, 0) is 37.0 Å². The highest BCUT2D eigenvalue weighted by atomic mass is 79.9. The van der Waals surface area contributed by atoms with E-state index in [1.165, 1.54) is 35.9 Å². The molecule has 0 saturated carbocycles. The minimum absolute atomic E-state index is 1.15. The first kappa shape index (κ1) is 7.63. The number of benzene rings is 1. The van der Waals surface area contributed by atoms with Crippen LogP contribution in [0.4, 0.5) is 0 Å². The first-order chi connectivity index (χ1) is 6.34. The van der Waals surface area contributed by atoms with Gasteiger partial charge in [0.2, 0.25) is 0 Å². The van der Waals surface area contributed by atoms with Gasteiger partial charge < -0.3 is 4.98 Å². The smallest absolute Gasteiger partial charge is 0.0470 e. The maximum atomic E-state index is 3.49. The molecule has 1 aliphatic carbocycles. The molecule has 1 heterocycles. The van der Waals surface area contributed by atoms with Crippen molar-refractivity contribution in [3.05, 3.63) is 33.9 Å². The van der Waals surface area contributed by atoms with E-state index in [-0.39, 0.29) is 0 Å². The van der Waals surface area contributed by atoms with Gasteiger partial charge in [-0.3, -0.25) is 0 Å². The Balaban J connectivity index is 2.38. The van der Waals surface area contributed by atoms with E-state index >= 15 is 0 Å². The normalized spacial score (nSPS) is 15.2. The molecule has 0 spiro atoms. The van der Waals surface area contributed by atoms with Crippen molar-refractivity contribution in [2.24, 2.45) is 0 Å². The van der Waals surface area contributed by atoms with E-state index in [1.54, 1.807) is 5.56 Å². The van der Waals surface area contributed by atoms with Crippen molar-refractivity contribution in [2.75, 3.05) is 0 Å². The van der Waals surface area contributed by atoms with Crippen molar-refractivity contribution in [2.45, 2.75) is 19.3 Å². The van der Waals surface area contributed by atoms with Crippen molar-refractivity contribution in [1.82, 2.24) is 4.98 Å². The van der Waals surface area contributed by atoms with Crippen molar-refractivity contribution in [1.29, 1.82) is 0 Å². The average molecular weight is 236 g/mol. The van der Waals surface area contributed by atoms with Crippen LogP contribution in [0.15, 0.2) is 22.7 Å². The Morgan fingerprint density at radius 2 is 2.15 bits per heavy atom. The number of fused-ring (bicyclic) bond motifs is 3. The number of aromatic nitrogens is 1. The number of aryl methyl sites for hydroxylation is 2. The number of nitrogens with one attached hydrogen (secondary N) is 1. The van der Waals surface area contributed by atoms with Gasteiger partial charge in [-0.15, -0.1) is 0 Å². The second-order valence-electron chi connectivity index (χ2n) is 3.63. The molecule has 0 unspecified atom stereocenters. The summed E-state index contributed by atoms with van der Waals surface area (Å²) in [5.74, 6) is 0. The number of halogens is 1. The Hall–Kier alpha value is -0.760. The zero-order valence-corrected chi connectivity index (χ0v) is 8.82. The fraction of sp³-hybridized carbons (Fsp3) is 0.273. The van der Waals surface area contributed by atoms with E-state index in [1.807, 2.05) is 0 Å². The number of aromatic amines is 1. The summed E-state index contributed by atoms with van der Waals surface area (Å²) in [7, 11) is 0. The summed E-state index contributed by atoms with van der Waals surface area (Å²) in [6.07, 6.45) is 3.78. The van der Waals surface area contributed by atoms with Crippen molar-refractivity contribution in [3.8, 4) is 0 Å². The third kappa shape index (κ3) is 1.05. The molecular weight excluding hydrogens is 226 g/mol. The van der Waals surface area contributed by atoms with Crippen molar-refractivity contribution < 1.29 is 0 Å². The van der Waals surface area contributed by atoms with Crippen LogP contribution in [0.1, 0.15) is 17.7 Å². The molecule has 0 fully saturated rings. The van der Waals surface area contributed by atoms with Gasteiger partial charge in [0.15, 0.2) is 0 Å². The van der Waals surface area contributed by atoms with Gasteiger partial charge in [0.1, 0.15) is 0 Å². The Labute approximate surface area is 85.3 Å². The van der Waals surface area contributed by atoms with E-state index in [0.717, 1.165) is 4.47 Å². The zero-order valence-electron chi connectivity index (χ0n) is 7.23. The predicted molar refractivity (Wildman–Crippen MR) is 58.0 cm³/mol. The molecule has 1 aromatic heterocycles.